The molecular formula is C13H13ClN2OS2. The minimum atomic E-state index is 0.00588. The molecule has 0 unspecified atom stereocenters. The third-order valence-corrected chi connectivity index (χ3v) is 4.58. The lowest BCUT2D eigenvalue weighted by molar-refractivity contribution is -0.118. The summed E-state index contributed by atoms with van der Waals surface area (Å²) in [6.07, 6.45) is 0. The van der Waals surface area contributed by atoms with Crippen molar-refractivity contribution >= 4 is 46.3 Å². The van der Waals surface area contributed by atoms with Crippen LogP contribution in [0, 0.1) is 0 Å². The summed E-state index contributed by atoms with van der Waals surface area (Å²) in [5.41, 5.74) is 6.18. The second kappa shape index (κ2) is 6.84. The van der Waals surface area contributed by atoms with Gasteiger partial charge in [0.1, 0.15) is 0 Å². The van der Waals surface area contributed by atoms with Gasteiger partial charge in [-0.15, -0.1) is 23.1 Å². The highest BCUT2D eigenvalue weighted by Crippen LogP contribution is 2.26. The molecule has 0 bridgehead atoms. The molecule has 100 valence electrons. The van der Waals surface area contributed by atoms with Crippen LogP contribution >= 0.6 is 34.7 Å². The molecule has 0 saturated carbocycles. The average Bonchev–Trinajstić information content (AvgIpc) is 2.91. The van der Waals surface area contributed by atoms with Crippen molar-refractivity contribution in [2.24, 2.45) is 0 Å². The first-order valence-electron chi connectivity index (χ1n) is 5.62. The second-order valence-corrected chi connectivity index (χ2v) is 6.32. The number of thioether (sulfide) groups is 1. The number of nitrogens with one attached hydrogen (secondary N) is 1. The molecule has 1 aromatic heterocycles. The van der Waals surface area contributed by atoms with Gasteiger partial charge in [-0.2, -0.15) is 0 Å². The highest BCUT2D eigenvalue weighted by Gasteiger charge is 2.04. The number of benzene rings is 1. The van der Waals surface area contributed by atoms with Crippen LogP contribution in [0.5, 0.6) is 0 Å². The highest BCUT2D eigenvalue weighted by molar-refractivity contribution is 8.00. The molecule has 0 fully saturated rings. The van der Waals surface area contributed by atoms with E-state index in [-0.39, 0.29) is 5.91 Å². The van der Waals surface area contributed by atoms with Gasteiger partial charge in [0.05, 0.1) is 23.0 Å². The van der Waals surface area contributed by atoms with Crippen LogP contribution in [-0.4, -0.2) is 11.7 Å². The molecule has 0 radical (unpaired) electrons. The summed E-state index contributed by atoms with van der Waals surface area (Å²) >= 11 is 8.99. The van der Waals surface area contributed by atoms with E-state index in [1.165, 1.54) is 11.8 Å². The highest BCUT2D eigenvalue weighted by atomic mass is 35.5. The van der Waals surface area contributed by atoms with E-state index in [4.69, 9.17) is 17.3 Å². The molecule has 1 amide bonds. The fourth-order valence-corrected chi connectivity index (χ4v) is 3.05. The summed E-state index contributed by atoms with van der Waals surface area (Å²) in [6.45, 7) is 0.583. The number of rotatable bonds is 5. The van der Waals surface area contributed by atoms with Crippen LogP contribution in [-0.2, 0) is 11.3 Å². The van der Waals surface area contributed by atoms with Gasteiger partial charge in [0.25, 0.3) is 0 Å². The molecule has 0 aliphatic heterocycles. The first kappa shape index (κ1) is 14.2. The third kappa shape index (κ3) is 4.45. The number of carbonyl (C=O) groups is 1. The maximum Gasteiger partial charge on any atom is 0.230 e. The minimum absolute atomic E-state index is 0.00588. The Labute approximate surface area is 125 Å². The fraction of sp³-hybridized carbons (Fsp3) is 0.154. The van der Waals surface area contributed by atoms with Crippen LogP contribution in [0.15, 0.2) is 40.6 Å². The smallest absolute Gasteiger partial charge is 0.230 e. The van der Waals surface area contributed by atoms with Crippen molar-refractivity contribution in [3.63, 3.8) is 0 Å². The largest absolute Gasteiger partial charge is 0.398 e. The predicted octanol–water partition coefficient (Wildman–Crippen LogP) is 3.39. The van der Waals surface area contributed by atoms with Gasteiger partial charge in [0.15, 0.2) is 0 Å². The maximum absolute atomic E-state index is 11.7. The Balaban J connectivity index is 1.78. The number of halogens is 1. The lowest BCUT2D eigenvalue weighted by Gasteiger charge is -2.05. The standard InChI is InChI=1S/C13H13ClN2OS2/c14-11-6-9(3-4-12(11)15)19-8-13(17)16-7-10-2-1-5-18-10/h1-6H,7-8,15H2,(H,16,17). The van der Waals surface area contributed by atoms with Crippen molar-refractivity contribution in [1.29, 1.82) is 0 Å². The Bertz CT molecular complexity index is 558. The molecule has 0 aliphatic carbocycles. The molecule has 3 N–H and O–H groups in total. The van der Waals surface area contributed by atoms with Crippen molar-refractivity contribution in [3.8, 4) is 0 Å². The Morgan fingerprint density at radius 2 is 2.26 bits per heavy atom. The molecule has 3 nitrogen and oxygen atoms in total. The molecule has 0 atom stereocenters. The van der Waals surface area contributed by atoms with Crippen LogP contribution in [0.4, 0.5) is 5.69 Å². The summed E-state index contributed by atoms with van der Waals surface area (Å²) in [5, 5.41) is 5.38. The summed E-state index contributed by atoms with van der Waals surface area (Å²) in [7, 11) is 0. The van der Waals surface area contributed by atoms with E-state index in [0.717, 1.165) is 9.77 Å². The first-order chi connectivity index (χ1) is 9.15. The second-order valence-electron chi connectivity index (χ2n) is 3.83. The van der Waals surface area contributed by atoms with Crippen LogP contribution in [0.25, 0.3) is 0 Å². The van der Waals surface area contributed by atoms with Crippen LogP contribution < -0.4 is 11.1 Å². The number of hydrogen-bond donors (Lipinski definition) is 2. The van der Waals surface area contributed by atoms with Gasteiger partial charge in [-0.1, -0.05) is 17.7 Å². The van der Waals surface area contributed by atoms with Crippen LogP contribution in [0.3, 0.4) is 0 Å². The Morgan fingerprint density at radius 3 is 2.95 bits per heavy atom. The maximum atomic E-state index is 11.7. The van der Waals surface area contributed by atoms with Gasteiger partial charge in [-0.3, -0.25) is 4.79 Å². The lowest BCUT2D eigenvalue weighted by Crippen LogP contribution is -2.24. The molecule has 6 heteroatoms. The van der Waals surface area contributed by atoms with Gasteiger partial charge in [0.2, 0.25) is 5.91 Å². The van der Waals surface area contributed by atoms with Crippen molar-refractivity contribution in [3.05, 3.63) is 45.6 Å². The van der Waals surface area contributed by atoms with E-state index < -0.39 is 0 Å². The third-order valence-electron chi connectivity index (χ3n) is 2.38. The van der Waals surface area contributed by atoms with Crippen molar-refractivity contribution < 1.29 is 4.79 Å². The van der Waals surface area contributed by atoms with Crippen LogP contribution in [0.2, 0.25) is 5.02 Å². The zero-order valence-corrected chi connectivity index (χ0v) is 12.4. The number of amides is 1. The van der Waals surface area contributed by atoms with Crippen molar-refractivity contribution in [1.82, 2.24) is 5.32 Å². The monoisotopic (exact) mass is 312 g/mol. The number of hydrogen-bond acceptors (Lipinski definition) is 4. The molecule has 1 heterocycles. The number of thiophene rings is 1. The number of nitrogens with two attached hydrogens (primary N) is 1. The van der Waals surface area contributed by atoms with Crippen molar-refractivity contribution in [2.75, 3.05) is 11.5 Å². The lowest BCUT2D eigenvalue weighted by atomic mass is 10.3. The van der Waals surface area contributed by atoms with E-state index >= 15 is 0 Å². The SMILES string of the molecule is Nc1ccc(SCC(=O)NCc2cccs2)cc1Cl. The van der Waals surface area contributed by atoms with Gasteiger partial charge >= 0.3 is 0 Å². The van der Waals surface area contributed by atoms with E-state index in [2.05, 4.69) is 5.32 Å². The molecule has 19 heavy (non-hydrogen) atoms. The molecular weight excluding hydrogens is 300 g/mol. The molecule has 0 aliphatic rings. The Hall–Kier alpha value is -1.17. The summed E-state index contributed by atoms with van der Waals surface area (Å²) < 4.78 is 0. The predicted molar refractivity (Wildman–Crippen MR) is 82.8 cm³/mol. The Morgan fingerprint density at radius 1 is 1.42 bits per heavy atom. The number of carbonyl (C=O) groups excluding carboxylic acids is 1. The van der Waals surface area contributed by atoms with E-state index in [1.54, 1.807) is 23.5 Å². The Kier molecular flexibility index (Phi) is 5.13. The molecule has 0 saturated heterocycles. The van der Waals surface area contributed by atoms with E-state index in [0.29, 0.717) is 23.0 Å². The molecule has 2 rings (SSSR count). The van der Waals surface area contributed by atoms with Crippen LogP contribution in [0.1, 0.15) is 4.88 Å². The van der Waals surface area contributed by atoms with Gasteiger partial charge in [-0.25, -0.2) is 0 Å². The minimum Gasteiger partial charge on any atom is -0.398 e. The summed E-state index contributed by atoms with van der Waals surface area (Å²) in [5.74, 6) is 0.373. The van der Waals surface area contributed by atoms with E-state index in [9.17, 15) is 4.79 Å². The summed E-state index contributed by atoms with van der Waals surface area (Å²) in [4.78, 5) is 13.8. The fourth-order valence-electron chi connectivity index (χ4n) is 1.40. The topological polar surface area (TPSA) is 55.1 Å². The number of anilines is 1. The quantitative estimate of drug-likeness (QED) is 0.657. The molecule has 1 aromatic carbocycles. The first-order valence-corrected chi connectivity index (χ1v) is 7.86. The van der Waals surface area contributed by atoms with E-state index in [1.807, 2.05) is 23.6 Å². The van der Waals surface area contributed by atoms with Gasteiger partial charge in [0, 0.05) is 9.77 Å². The van der Waals surface area contributed by atoms with Crippen molar-refractivity contribution in [2.45, 2.75) is 11.4 Å². The molecule has 2 aromatic rings. The zero-order valence-electron chi connectivity index (χ0n) is 10.1. The number of nitrogen functional groups attached to an aromatic ring is 1. The normalized spacial score (nSPS) is 10.4. The zero-order chi connectivity index (χ0) is 13.7. The van der Waals surface area contributed by atoms with Gasteiger partial charge < -0.3 is 11.1 Å². The van der Waals surface area contributed by atoms with Gasteiger partial charge in [-0.05, 0) is 29.6 Å². The molecule has 0 spiro atoms. The average molecular weight is 313 g/mol. The summed E-state index contributed by atoms with van der Waals surface area (Å²) in [6, 6.07) is 9.34.